The summed E-state index contributed by atoms with van der Waals surface area (Å²) in [5.74, 6) is 1.10. The van der Waals surface area contributed by atoms with Crippen molar-refractivity contribution in [2.45, 2.75) is 27.2 Å². The minimum absolute atomic E-state index is 0.0599. The molecule has 0 aliphatic carbocycles. The zero-order chi connectivity index (χ0) is 13.5. The number of nitro benzene ring substituents is 1. The molecule has 0 aliphatic heterocycles. The van der Waals surface area contributed by atoms with Crippen LogP contribution in [0.25, 0.3) is 0 Å². The number of ether oxygens (including phenoxy) is 1. The minimum Gasteiger partial charge on any atom is -0.494 e. The Bertz CT molecular complexity index is 405. The third-order valence-electron chi connectivity index (χ3n) is 2.51. The van der Waals surface area contributed by atoms with Crippen LogP contribution in [0, 0.1) is 16.0 Å². The quantitative estimate of drug-likeness (QED) is 0.596. The first-order valence-electron chi connectivity index (χ1n) is 6.19. The molecule has 0 amide bonds. The Morgan fingerprint density at radius 3 is 2.72 bits per heavy atom. The van der Waals surface area contributed by atoms with E-state index in [1.54, 1.807) is 12.1 Å². The Kier molecular flexibility index (Phi) is 5.42. The average Bonchev–Trinajstić information content (AvgIpc) is 2.30. The van der Waals surface area contributed by atoms with Gasteiger partial charge in [0.2, 0.25) is 0 Å². The molecule has 5 nitrogen and oxygen atoms in total. The van der Waals surface area contributed by atoms with Crippen LogP contribution >= 0.6 is 0 Å². The number of hydrogen-bond donors (Lipinski definition) is 1. The highest BCUT2D eigenvalue weighted by Crippen LogP contribution is 2.29. The van der Waals surface area contributed by atoms with Gasteiger partial charge in [-0.15, -0.1) is 0 Å². The van der Waals surface area contributed by atoms with E-state index in [1.807, 2.05) is 6.92 Å². The van der Waals surface area contributed by atoms with Crippen LogP contribution in [0.15, 0.2) is 18.2 Å². The molecule has 0 aliphatic rings. The second-order valence-electron chi connectivity index (χ2n) is 4.48. The lowest BCUT2D eigenvalue weighted by Gasteiger charge is -2.10. The van der Waals surface area contributed by atoms with Crippen molar-refractivity contribution in [3.63, 3.8) is 0 Å². The Balaban J connectivity index is 2.80. The fourth-order valence-electron chi connectivity index (χ4n) is 1.56. The van der Waals surface area contributed by atoms with Crippen LogP contribution < -0.4 is 10.1 Å². The smallest absolute Gasteiger partial charge is 0.296 e. The van der Waals surface area contributed by atoms with E-state index in [4.69, 9.17) is 4.74 Å². The van der Waals surface area contributed by atoms with Crippen molar-refractivity contribution in [1.29, 1.82) is 0 Å². The summed E-state index contributed by atoms with van der Waals surface area (Å²) in [6.45, 7) is 7.31. The number of rotatable bonds is 7. The highest BCUT2D eigenvalue weighted by molar-refractivity contribution is 5.63. The Morgan fingerprint density at radius 1 is 1.44 bits per heavy atom. The monoisotopic (exact) mass is 252 g/mol. The lowest BCUT2D eigenvalue weighted by Crippen LogP contribution is -2.07. The molecule has 0 saturated heterocycles. The van der Waals surface area contributed by atoms with Crippen molar-refractivity contribution < 1.29 is 9.66 Å². The van der Waals surface area contributed by atoms with Crippen LogP contribution in [0.3, 0.4) is 0 Å². The van der Waals surface area contributed by atoms with Gasteiger partial charge in [-0.05, 0) is 31.4 Å². The van der Waals surface area contributed by atoms with Crippen LogP contribution in [0.2, 0.25) is 0 Å². The molecule has 18 heavy (non-hydrogen) atoms. The maximum Gasteiger partial charge on any atom is 0.296 e. The molecule has 0 bridgehead atoms. The molecular weight excluding hydrogens is 232 g/mol. The number of hydrogen-bond acceptors (Lipinski definition) is 4. The summed E-state index contributed by atoms with van der Waals surface area (Å²) in [6.07, 6.45) is 0.977. The van der Waals surface area contributed by atoms with Gasteiger partial charge in [0.15, 0.2) is 0 Å². The molecule has 5 heteroatoms. The van der Waals surface area contributed by atoms with Gasteiger partial charge in [0.1, 0.15) is 11.4 Å². The van der Waals surface area contributed by atoms with Crippen molar-refractivity contribution in [2.75, 3.05) is 18.5 Å². The second-order valence-corrected chi connectivity index (χ2v) is 4.48. The molecule has 1 rings (SSSR count). The molecule has 1 N–H and O–H groups in total. The molecule has 0 atom stereocenters. The maximum atomic E-state index is 11.0. The summed E-state index contributed by atoms with van der Waals surface area (Å²) in [5.41, 5.74) is 0.605. The predicted molar refractivity (Wildman–Crippen MR) is 72.2 cm³/mol. The number of nitrogens with zero attached hydrogens (tertiary/aromatic N) is 1. The molecule has 0 unspecified atom stereocenters. The van der Waals surface area contributed by atoms with Crippen LogP contribution in [0.5, 0.6) is 5.75 Å². The molecule has 100 valence electrons. The number of benzene rings is 1. The topological polar surface area (TPSA) is 64.4 Å². The van der Waals surface area contributed by atoms with Crippen LogP contribution in [0.4, 0.5) is 11.4 Å². The Labute approximate surface area is 107 Å². The Morgan fingerprint density at radius 2 is 2.17 bits per heavy atom. The summed E-state index contributed by atoms with van der Waals surface area (Å²) in [7, 11) is 0. The predicted octanol–water partition coefficient (Wildman–Crippen LogP) is 3.45. The van der Waals surface area contributed by atoms with Gasteiger partial charge in [-0.25, -0.2) is 0 Å². The number of nitrogens with one attached hydrogen (secondary N) is 1. The fourth-order valence-corrected chi connectivity index (χ4v) is 1.56. The van der Waals surface area contributed by atoms with Gasteiger partial charge >= 0.3 is 0 Å². The van der Waals surface area contributed by atoms with Gasteiger partial charge in [0, 0.05) is 6.54 Å². The SMILES string of the molecule is CCOc1ccc(NCCC(C)C)c([N+](=O)[O-])c1. The van der Waals surface area contributed by atoms with E-state index in [0.717, 1.165) is 13.0 Å². The summed E-state index contributed by atoms with van der Waals surface area (Å²) >= 11 is 0. The van der Waals surface area contributed by atoms with Gasteiger partial charge in [0.25, 0.3) is 5.69 Å². The zero-order valence-corrected chi connectivity index (χ0v) is 11.1. The average molecular weight is 252 g/mol. The molecule has 0 spiro atoms. The van der Waals surface area contributed by atoms with E-state index in [1.165, 1.54) is 6.07 Å². The van der Waals surface area contributed by atoms with E-state index in [-0.39, 0.29) is 10.6 Å². The summed E-state index contributed by atoms with van der Waals surface area (Å²) in [6, 6.07) is 4.90. The molecule has 0 fully saturated rings. The third-order valence-corrected chi connectivity index (χ3v) is 2.51. The molecule has 1 aromatic rings. The van der Waals surface area contributed by atoms with Crippen molar-refractivity contribution >= 4 is 11.4 Å². The first-order chi connectivity index (χ1) is 8.54. The first kappa shape index (κ1) is 14.3. The summed E-state index contributed by atoms with van der Waals surface area (Å²) in [4.78, 5) is 10.6. The first-order valence-corrected chi connectivity index (χ1v) is 6.19. The minimum atomic E-state index is -0.389. The van der Waals surface area contributed by atoms with E-state index in [9.17, 15) is 10.1 Å². The molecule has 0 aromatic heterocycles. The molecule has 0 radical (unpaired) electrons. The second kappa shape index (κ2) is 6.83. The van der Waals surface area contributed by atoms with Gasteiger partial charge in [0.05, 0.1) is 17.6 Å². The normalized spacial score (nSPS) is 10.4. The van der Waals surface area contributed by atoms with Gasteiger partial charge in [-0.1, -0.05) is 13.8 Å². The van der Waals surface area contributed by atoms with E-state index < -0.39 is 0 Å². The van der Waals surface area contributed by atoms with Gasteiger partial charge in [-0.3, -0.25) is 10.1 Å². The van der Waals surface area contributed by atoms with Crippen LogP contribution in [0.1, 0.15) is 27.2 Å². The standard InChI is InChI=1S/C13H20N2O3/c1-4-18-11-5-6-12(13(9-11)15(16)17)14-8-7-10(2)3/h5-6,9-10,14H,4,7-8H2,1-3H3. The number of nitro groups is 1. The number of anilines is 1. The third kappa shape index (κ3) is 4.24. The van der Waals surface area contributed by atoms with Crippen LogP contribution in [-0.2, 0) is 0 Å². The van der Waals surface area contributed by atoms with Crippen molar-refractivity contribution in [1.82, 2.24) is 0 Å². The molecule has 1 aromatic carbocycles. The highest BCUT2D eigenvalue weighted by atomic mass is 16.6. The lowest BCUT2D eigenvalue weighted by atomic mass is 10.1. The van der Waals surface area contributed by atoms with Crippen molar-refractivity contribution in [3.8, 4) is 5.75 Å². The Hall–Kier alpha value is -1.78. The van der Waals surface area contributed by atoms with E-state index in [0.29, 0.717) is 24.0 Å². The van der Waals surface area contributed by atoms with Crippen molar-refractivity contribution in [2.24, 2.45) is 5.92 Å². The molecular formula is C13H20N2O3. The largest absolute Gasteiger partial charge is 0.494 e. The van der Waals surface area contributed by atoms with Gasteiger partial charge < -0.3 is 10.1 Å². The van der Waals surface area contributed by atoms with Gasteiger partial charge in [-0.2, -0.15) is 0 Å². The summed E-state index contributed by atoms with van der Waals surface area (Å²) in [5, 5.41) is 14.1. The van der Waals surface area contributed by atoms with Crippen molar-refractivity contribution in [3.05, 3.63) is 28.3 Å². The maximum absolute atomic E-state index is 11.0. The van der Waals surface area contributed by atoms with E-state index in [2.05, 4.69) is 19.2 Å². The van der Waals surface area contributed by atoms with E-state index >= 15 is 0 Å². The fraction of sp³-hybridized carbons (Fsp3) is 0.538. The summed E-state index contributed by atoms with van der Waals surface area (Å²) < 4.78 is 5.26. The molecule has 0 saturated carbocycles. The highest BCUT2D eigenvalue weighted by Gasteiger charge is 2.14. The molecule has 0 heterocycles. The van der Waals surface area contributed by atoms with Crippen LogP contribution in [-0.4, -0.2) is 18.1 Å². The lowest BCUT2D eigenvalue weighted by molar-refractivity contribution is -0.384. The zero-order valence-electron chi connectivity index (χ0n) is 11.1.